The Balaban J connectivity index is 2.67. The van der Waals surface area contributed by atoms with Gasteiger partial charge in [-0.05, 0) is 25.8 Å². The summed E-state index contributed by atoms with van der Waals surface area (Å²) in [6.45, 7) is 4.49. The minimum absolute atomic E-state index is 0.575. The minimum atomic E-state index is -0.727. The second-order valence-corrected chi connectivity index (χ2v) is 4.52. The number of hydrogen-bond donors (Lipinski definition) is 1. The van der Waals surface area contributed by atoms with E-state index in [9.17, 15) is 5.11 Å². The highest BCUT2D eigenvalue weighted by Crippen LogP contribution is 2.17. The maximum atomic E-state index is 10.2. The lowest BCUT2D eigenvalue weighted by atomic mass is 9.96. The highest BCUT2D eigenvalue weighted by molar-refractivity contribution is 5.12. The van der Waals surface area contributed by atoms with Crippen molar-refractivity contribution in [3.05, 3.63) is 17.5 Å². The smallest absolute Gasteiger partial charge is 0.0696 e. The molecule has 1 heterocycles. The fraction of sp³-hybridized carbons (Fsp3) is 0.750. The van der Waals surface area contributed by atoms with Crippen LogP contribution >= 0.6 is 0 Å². The largest absolute Gasteiger partial charge is 0.390 e. The zero-order valence-corrected chi connectivity index (χ0v) is 10.7. The first-order valence-electron chi connectivity index (χ1n) is 5.71. The van der Waals surface area contributed by atoms with Gasteiger partial charge in [0.25, 0.3) is 0 Å². The Labute approximate surface area is 97.2 Å². The van der Waals surface area contributed by atoms with E-state index in [4.69, 9.17) is 4.74 Å². The molecule has 0 aliphatic carbocycles. The van der Waals surface area contributed by atoms with E-state index in [1.54, 1.807) is 7.11 Å². The van der Waals surface area contributed by atoms with Gasteiger partial charge in [0.1, 0.15) is 0 Å². The van der Waals surface area contributed by atoms with Crippen LogP contribution in [-0.2, 0) is 24.6 Å². The summed E-state index contributed by atoms with van der Waals surface area (Å²) in [5.41, 5.74) is 1.41. The lowest BCUT2D eigenvalue weighted by Crippen LogP contribution is -2.29. The summed E-state index contributed by atoms with van der Waals surface area (Å²) in [5.74, 6) is 0. The van der Waals surface area contributed by atoms with E-state index in [1.165, 1.54) is 0 Å². The molecule has 0 spiro atoms. The van der Waals surface area contributed by atoms with Crippen LogP contribution in [-0.4, -0.2) is 34.2 Å². The molecular formula is C12H22N2O2. The second kappa shape index (κ2) is 5.46. The van der Waals surface area contributed by atoms with Gasteiger partial charge in [0.2, 0.25) is 0 Å². The normalized spacial score (nSPS) is 15.1. The van der Waals surface area contributed by atoms with Gasteiger partial charge in [-0.25, -0.2) is 0 Å². The molecule has 0 aliphatic rings. The third kappa shape index (κ3) is 3.61. The van der Waals surface area contributed by atoms with Gasteiger partial charge in [-0.15, -0.1) is 0 Å². The molecule has 0 fully saturated rings. The van der Waals surface area contributed by atoms with Crippen LogP contribution in [0.25, 0.3) is 0 Å². The van der Waals surface area contributed by atoms with Crippen LogP contribution in [0.3, 0.4) is 0 Å². The maximum absolute atomic E-state index is 10.2. The van der Waals surface area contributed by atoms with Crippen LogP contribution in [0.15, 0.2) is 6.07 Å². The van der Waals surface area contributed by atoms with Crippen molar-refractivity contribution in [2.45, 2.75) is 38.7 Å². The van der Waals surface area contributed by atoms with E-state index in [-0.39, 0.29) is 0 Å². The Hall–Kier alpha value is -0.870. The molecule has 0 aromatic carbocycles. The Kier molecular flexibility index (Phi) is 4.50. The van der Waals surface area contributed by atoms with Crippen LogP contribution in [0.2, 0.25) is 0 Å². The average molecular weight is 226 g/mol. The SMILES string of the molecule is CCc1cc(CC(C)(O)CCOC)n(C)n1. The molecular weight excluding hydrogens is 204 g/mol. The average Bonchev–Trinajstić information content (AvgIpc) is 2.56. The van der Waals surface area contributed by atoms with Crippen molar-refractivity contribution < 1.29 is 9.84 Å². The summed E-state index contributed by atoms with van der Waals surface area (Å²) in [6.07, 6.45) is 2.17. The number of hydrogen-bond acceptors (Lipinski definition) is 3. The van der Waals surface area contributed by atoms with Crippen molar-refractivity contribution in [1.82, 2.24) is 9.78 Å². The first kappa shape index (κ1) is 13.2. The number of aliphatic hydroxyl groups is 1. The summed E-state index contributed by atoms with van der Waals surface area (Å²) >= 11 is 0. The molecule has 1 unspecified atom stereocenters. The van der Waals surface area contributed by atoms with Crippen molar-refractivity contribution >= 4 is 0 Å². The Morgan fingerprint density at radius 2 is 2.25 bits per heavy atom. The Bertz CT molecular complexity index is 332. The molecule has 1 aromatic rings. The molecule has 1 aromatic heterocycles. The standard InChI is InChI=1S/C12H22N2O2/c1-5-10-8-11(14(3)13-10)9-12(2,15)6-7-16-4/h8,15H,5-7,9H2,1-4H3. The van der Waals surface area contributed by atoms with Gasteiger partial charge in [-0.2, -0.15) is 5.10 Å². The first-order valence-corrected chi connectivity index (χ1v) is 5.71. The number of nitrogens with zero attached hydrogens (tertiary/aromatic N) is 2. The summed E-state index contributed by atoms with van der Waals surface area (Å²) in [6, 6.07) is 2.06. The van der Waals surface area contributed by atoms with Crippen molar-refractivity contribution in [2.75, 3.05) is 13.7 Å². The van der Waals surface area contributed by atoms with E-state index in [0.717, 1.165) is 17.8 Å². The third-order valence-corrected chi connectivity index (χ3v) is 2.80. The van der Waals surface area contributed by atoms with Crippen LogP contribution in [0, 0.1) is 0 Å². The van der Waals surface area contributed by atoms with E-state index >= 15 is 0 Å². The number of methoxy groups -OCH3 is 1. The lowest BCUT2D eigenvalue weighted by Gasteiger charge is -2.22. The number of aromatic nitrogens is 2. The summed E-state index contributed by atoms with van der Waals surface area (Å²) < 4.78 is 6.84. The molecule has 0 bridgehead atoms. The van der Waals surface area contributed by atoms with Gasteiger partial charge < -0.3 is 9.84 Å². The van der Waals surface area contributed by atoms with E-state index < -0.39 is 5.60 Å². The van der Waals surface area contributed by atoms with Crippen LogP contribution < -0.4 is 0 Å². The predicted molar refractivity (Wildman–Crippen MR) is 63.4 cm³/mol. The molecule has 0 amide bonds. The molecule has 16 heavy (non-hydrogen) atoms. The second-order valence-electron chi connectivity index (χ2n) is 4.52. The van der Waals surface area contributed by atoms with Crippen LogP contribution in [0.4, 0.5) is 0 Å². The predicted octanol–water partition coefficient (Wildman–Crippen LogP) is 1.31. The molecule has 1 N–H and O–H groups in total. The summed E-state index contributed by atoms with van der Waals surface area (Å²) in [4.78, 5) is 0. The summed E-state index contributed by atoms with van der Waals surface area (Å²) in [5, 5.41) is 14.6. The molecule has 0 saturated heterocycles. The van der Waals surface area contributed by atoms with Gasteiger partial charge in [-0.1, -0.05) is 6.92 Å². The van der Waals surface area contributed by atoms with Crippen LogP contribution in [0.1, 0.15) is 31.7 Å². The van der Waals surface area contributed by atoms with Crippen LogP contribution in [0.5, 0.6) is 0 Å². The Morgan fingerprint density at radius 3 is 2.75 bits per heavy atom. The first-order chi connectivity index (χ1) is 7.48. The Morgan fingerprint density at radius 1 is 1.56 bits per heavy atom. The van der Waals surface area contributed by atoms with E-state index in [1.807, 2.05) is 18.7 Å². The fourth-order valence-corrected chi connectivity index (χ4v) is 1.71. The third-order valence-electron chi connectivity index (χ3n) is 2.80. The fourth-order valence-electron chi connectivity index (χ4n) is 1.71. The van der Waals surface area contributed by atoms with Gasteiger partial charge in [-0.3, -0.25) is 4.68 Å². The molecule has 0 radical (unpaired) electrons. The molecule has 0 aliphatic heterocycles. The highest BCUT2D eigenvalue weighted by atomic mass is 16.5. The molecule has 0 saturated carbocycles. The van der Waals surface area contributed by atoms with Crippen molar-refractivity contribution in [2.24, 2.45) is 7.05 Å². The van der Waals surface area contributed by atoms with Crippen molar-refractivity contribution in [3.8, 4) is 0 Å². The van der Waals surface area contributed by atoms with E-state index in [0.29, 0.717) is 19.4 Å². The van der Waals surface area contributed by atoms with Crippen molar-refractivity contribution in [3.63, 3.8) is 0 Å². The molecule has 4 nitrogen and oxygen atoms in total. The van der Waals surface area contributed by atoms with Gasteiger partial charge in [0, 0.05) is 32.9 Å². The minimum Gasteiger partial charge on any atom is -0.390 e. The number of ether oxygens (including phenoxy) is 1. The lowest BCUT2D eigenvalue weighted by molar-refractivity contribution is 0.0235. The highest BCUT2D eigenvalue weighted by Gasteiger charge is 2.22. The van der Waals surface area contributed by atoms with Gasteiger partial charge in [0.05, 0.1) is 11.3 Å². The van der Waals surface area contributed by atoms with E-state index in [2.05, 4.69) is 18.1 Å². The zero-order valence-electron chi connectivity index (χ0n) is 10.7. The quantitative estimate of drug-likeness (QED) is 0.795. The summed E-state index contributed by atoms with van der Waals surface area (Å²) in [7, 11) is 3.57. The molecule has 1 rings (SSSR count). The van der Waals surface area contributed by atoms with Crippen molar-refractivity contribution in [1.29, 1.82) is 0 Å². The molecule has 92 valence electrons. The van der Waals surface area contributed by atoms with Gasteiger partial charge in [0.15, 0.2) is 0 Å². The maximum Gasteiger partial charge on any atom is 0.0696 e. The monoisotopic (exact) mass is 226 g/mol. The molecule has 4 heteroatoms. The number of aryl methyl sites for hydroxylation is 2. The van der Waals surface area contributed by atoms with Gasteiger partial charge >= 0.3 is 0 Å². The topological polar surface area (TPSA) is 47.3 Å². The zero-order chi connectivity index (χ0) is 12.2. The molecule has 1 atom stereocenters. The number of rotatable bonds is 6.